The quantitative estimate of drug-likeness (QED) is 0.884. The van der Waals surface area contributed by atoms with Crippen LogP contribution in [-0.2, 0) is 16.6 Å². The zero-order valence-electron chi connectivity index (χ0n) is 11.9. The van der Waals surface area contributed by atoms with Crippen molar-refractivity contribution in [3.05, 3.63) is 40.2 Å². The van der Waals surface area contributed by atoms with E-state index in [9.17, 15) is 12.8 Å². The molecule has 0 radical (unpaired) electrons. The standard InChI is InChI=1S/C13H16FN3O2S2/c1-8-4-11(5-10(6-15-3)12(8)14)21(18,19)17-13-16-9(2)7-20-13/h4-5,7,15H,6H2,1-3H3,(H,16,17). The van der Waals surface area contributed by atoms with Crippen molar-refractivity contribution in [2.24, 2.45) is 0 Å². The van der Waals surface area contributed by atoms with Gasteiger partial charge in [0.1, 0.15) is 5.82 Å². The summed E-state index contributed by atoms with van der Waals surface area (Å²) < 4.78 is 41.0. The maximum absolute atomic E-state index is 13.9. The molecule has 2 aromatic rings. The summed E-state index contributed by atoms with van der Waals surface area (Å²) in [4.78, 5) is 4.09. The van der Waals surface area contributed by atoms with E-state index >= 15 is 0 Å². The summed E-state index contributed by atoms with van der Waals surface area (Å²) in [6.07, 6.45) is 0. The molecule has 0 amide bonds. The topological polar surface area (TPSA) is 71.1 Å². The van der Waals surface area contributed by atoms with Crippen LogP contribution in [0.25, 0.3) is 0 Å². The van der Waals surface area contributed by atoms with Gasteiger partial charge in [0.15, 0.2) is 5.13 Å². The highest BCUT2D eigenvalue weighted by atomic mass is 32.2. The number of aromatic nitrogens is 1. The highest BCUT2D eigenvalue weighted by Crippen LogP contribution is 2.23. The first-order chi connectivity index (χ1) is 9.83. The van der Waals surface area contributed by atoms with Crippen LogP contribution in [0.3, 0.4) is 0 Å². The lowest BCUT2D eigenvalue weighted by molar-refractivity contribution is 0.585. The number of rotatable bonds is 5. The number of thiazole rings is 1. The third-order valence-electron chi connectivity index (χ3n) is 2.82. The highest BCUT2D eigenvalue weighted by molar-refractivity contribution is 7.93. The molecule has 0 atom stereocenters. The summed E-state index contributed by atoms with van der Waals surface area (Å²) in [6, 6.07) is 2.65. The smallest absolute Gasteiger partial charge is 0.263 e. The molecule has 1 heterocycles. The normalized spacial score (nSPS) is 11.6. The average Bonchev–Trinajstić information content (AvgIpc) is 2.79. The number of aryl methyl sites for hydroxylation is 2. The van der Waals surface area contributed by atoms with Crippen LogP contribution in [0.5, 0.6) is 0 Å². The zero-order chi connectivity index (χ0) is 15.6. The first-order valence-corrected chi connectivity index (χ1v) is 8.58. The predicted octanol–water partition coefficient (Wildman–Crippen LogP) is 2.42. The lowest BCUT2D eigenvalue weighted by Gasteiger charge is -2.10. The largest absolute Gasteiger partial charge is 0.316 e. The molecule has 0 aliphatic rings. The number of nitrogens with zero attached hydrogens (tertiary/aromatic N) is 1. The maximum atomic E-state index is 13.9. The number of nitrogens with one attached hydrogen (secondary N) is 2. The average molecular weight is 329 g/mol. The summed E-state index contributed by atoms with van der Waals surface area (Å²) >= 11 is 1.21. The number of hydrogen-bond acceptors (Lipinski definition) is 5. The van der Waals surface area contributed by atoms with Gasteiger partial charge in [0.05, 0.1) is 10.6 Å². The highest BCUT2D eigenvalue weighted by Gasteiger charge is 2.19. The van der Waals surface area contributed by atoms with Crippen molar-refractivity contribution in [3.63, 3.8) is 0 Å². The Bertz CT molecular complexity index is 757. The summed E-state index contributed by atoms with van der Waals surface area (Å²) in [5.41, 5.74) is 1.34. The molecule has 0 saturated carbocycles. The lowest BCUT2D eigenvalue weighted by atomic mass is 10.1. The molecule has 2 N–H and O–H groups in total. The number of hydrogen-bond donors (Lipinski definition) is 2. The van der Waals surface area contributed by atoms with Crippen LogP contribution >= 0.6 is 11.3 Å². The van der Waals surface area contributed by atoms with Gasteiger partial charge in [-0.1, -0.05) is 0 Å². The van der Waals surface area contributed by atoms with Crippen LogP contribution in [0.4, 0.5) is 9.52 Å². The Morgan fingerprint density at radius 3 is 2.62 bits per heavy atom. The Labute approximate surface area is 127 Å². The number of sulfonamides is 1. The van der Waals surface area contributed by atoms with Crippen LogP contribution in [-0.4, -0.2) is 20.4 Å². The molecule has 1 aromatic carbocycles. The summed E-state index contributed by atoms with van der Waals surface area (Å²) in [5.74, 6) is -0.395. The van der Waals surface area contributed by atoms with Crippen molar-refractivity contribution < 1.29 is 12.8 Å². The first-order valence-electron chi connectivity index (χ1n) is 6.22. The Morgan fingerprint density at radius 2 is 2.05 bits per heavy atom. The molecule has 5 nitrogen and oxygen atoms in total. The molecule has 114 valence electrons. The van der Waals surface area contributed by atoms with E-state index in [0.29, 0.717) is 16.3 Å². The van der Waals surface area contributed by atoms with Gasteiger partial charge < -0.3 is 5.32 Å². The van der Waals surface area contributed by atoms with Gasteiger partial charge in [-0.15, -0.1) is 11.3 Å². The number of benzene rings is 1. The van der Waals surface area contributed by atoms with Crippen LogP contribution in [0.2, 0.25) is 0 Å². The molecule has 0 aliphatic carbocycles. The molecular formula is C13H16FN3O2S2. The molecular weight excluding hydrogens is 313 g/mol. The predicted molar refractivity (Wildman–Crippen MR) is 81.6 cm³/mol. The van der Waals surface area contributed by atoms with Gasteiger partial charge in [0.2, 0.25) is 0 Å². The summed E-state index contributed by atoms with van der Waals surface area (Å²) in [7, 11) is -2.10. The molecule has 1 aromatic heterocycles. The van der Waals surface area contributed by atoms with Crippen molar-refractivity contribution in [1.82, 2.24) is 10.3 Å². The van der Waals surface area contributed by atoms with Gasteiger partial charge in [-0.05, 0) is 38.6 Å². The minimum Gasteiger partial charge on any atom is -0.316 e. The molecule has 0 fully saturated rings. The zero-order valence-corrected chi connectivity index (χ0v) is 13.5. The van der Waals surface area contributed by atoms with E-state index in [4.69, 9.17) is 0 Å². The van der Waals surface area contributed by atoms with E-state index in [1.165, 1.54) is 23.5 Å². The van der Waals surface area contributed by atoms with Gasteiger partial charge >= 0.3 is 0 Å². The van der Waals surface area contributed by atoms with Crippen LogP contribution in [0, 0.1) is 19.7 Å². The number of anilines is 1. The fourth-order valence-electron chi connectivity index (χ4n) is 1.86. The second-order valence-corrected chi connectivity index (χ2v) is 7.18. The van der Waals surface area contributed by atoms with Crippen molar-refractivity contribution in [2.75, 3.05) is 11.8 Å². The third-order valence-corrected chi connectivity index (χ3v) is 5.14. The van der Waals surface area contributed by atoms with Crippen molar-refractivity contribution >= 4 is 26.5 Å². The van der Waals surface area contributed by atoms with Crippen molar-refractivity contribution in [1.29, 1.82) is 0 Å². The van der Waals surface area contributed by atoms with E-state index in [1.807, 2.05) is 0 Å². The lowest BCUT2D eigenvalue weighted by Crippen LogP contribution is -2.15. The number of halogens is 1. The Hall–Kier alpha value is -1.51. The van der Waals surface area contributed by atoms with Gasteiger partial charge in [0, 0.05) is 17.5 Å². The van der Waals surface area contributed by atoms with E-state index in [1.54, 1.807) is 26.3 Å². The van der Waals surface area contributed by atoms with Crippen molar-refractivity contribution in [2.45, 2.75) is 25.3 Å². The van der Waals surface area contributed by atoms with E-state index < -0.39 is 15.8 Å². The molecule has 0 aliphatic heterocycles. The van der Waals surface area contributed by atoms with E-state index in [0.717, 1.165) is 5.69 Å². The molecule has 2 rings (SSSR count). The van der Waals surface area contributed by atoms with Crippen LogP contribution in [0.1, 0.15) is 16.8 Å². The molecule has 0 unspecified atom stereocenters. The monoisotopic (exact) mass is 329 g/mol. The Balaban J connectivity index is 2.40. The third kappa shape index (κ3) is 3.58. The van der Waals surface area contributed by atoms with Gasteiger partial charge in [0.25, 0.3) is 10.0 Å². The maximum Gasteiger partial charge on any atom is 0.263 e. The van der Waals surface area contributed by atoms with Gasteiger partial charge in [-0.25, -0.2) is 17.8 Å². The minimum absolute atomic E-state index is 0.0273. The fraction of sp³-hybridized carbons (Fsp3) is 0.308. The summed E-state index contributed by atoms with van der Waals surface area (Å²) in [5, 5.41) is 4.86. The Kier molecular flexibility index (Phi) is 4.60. The van der Waals surface area contributed by atoms with E-state index in [-0.39, 0.29) is 11.4 Å². The molecule has 0 saturated heterocycles. The van der Waals surface area contributed by atoms with E-state index in [2.05, 4.69) is 15.0 Å². The minimum atomic E-state index is -3.78. The van der Waals surface area contributed by atoms with Crippen molar-refractivity contribution in [3.8, 4) is 0 Å². The van der Waals surface area contributed by atoms with Gasteiger partial charge in [-0.3, -0.25) is 4.72 Å². The van der Waals surface area contributed by atoms with Crippen LogP contribution in [0.15, 0.2) is 22.4 Å². The molecule has 8 heteroatoms. The summed E-state index contributed by atoms with van der Waals surface area (Å²) in [6.45, 7) is 3.58. The fourth-order valence-corrected chi connectivity index (χ4v) is 3.93. The molecule has 0 bridgehead atoms. The van der Waals surface area contributed by atoms with Gasteiger partial charge in [-0.2, -0.15) is 0 Å². The second-order valence-electron chi connectivity index (χ2n) is 4.64. The molecule has 0 spiro atoms. The second kappa shape index (κ2) is 6.08. The Morgan fingerprint density at radius 1 is 1.33 bits per heavy atom. The SMILES string of the molecule is CNCc1cc(S(=O)(=O)Nc2nc(C)cs2)cc(C)c1F. The molecule has 21 heavy (non-hydrogen) atoms. The first kappa shape index (κ1) is 15.9. The van der Waals surface area contributed by atoms with Crippen LogP contribution < -0.4 is 10.0 Å².